The van der Waals surface area contributed by atoms with E-state index < -0.39 is 28.7 Å². The van der Waals surface area contributed by atoms with Crippen LogP contribution in [-0.4, -0.2) is 34.2 Å². The highest BCUT2D eigenvalue weighted by Crippen LogP contribution is 2.75. The largest absolute Gasteiger partial charge is 0.481 e. The molecule has 0 aromatic heterocycles. The van der Waals surface area contributed by atoms with Crippen molar-refractivity contribution in [3.8, 4) is 0 Å². The molecule has 6 heteroatoms. The van der Waals surface area contributed by atoms with Crippen LogP contribution in [-0.2, 0) is 19.1 Å². The quantitative estimate of drug-likeness (QED) is 0.249. The van der Waals surface area contributed by atoms with Crippen LogP contribution in [0.2, 0.25) is 0 Å². The molecule has 0 radical (unpaired) electrons. The first-order chi connectivity index (χ1) is 19.2. The van der Waals surface area contributed by atoms with Gasteiger partial charge >= 0.3 is 17.9 Å². The molecule has 0 aromatic rings. The maximum Gasteiger partial charge on any atom is 0.310 e. The van der Waals surface area contributed by atoms with Crippen LogP contribution in [0.15, 0.2) is 11.6 Å². The van der Waals surface area contributed by atoms with Crippen molar-refractivity contribution >= 4 is 17.9 Å². The number of fused-ring (bicyclic) bond motifs is 7. The Hall–Kier alpha value is -1.85. The van der Waals surface area contributed by atoms with Crippen molar-refractivity contribution in [3.63, 3.8) is 0 Å². The zero-order chi connectivity index (χ0) is 31.3. The molecule has 236 valence electrons. The van der Waals surface area contributed by atoms with Crippen molar-refractivity contribution in [2.24, 2.45) is 55.7 Å². The zero-order valence-electron chi connectivity index (χ0n) is 27.7. The van der Waals surface area contributed by atoms with E-state index in [0.717, 1.165) is 64.2 Å². The Morgan fingerprint density at radius 1 is 0.881 bits per heavy atom. The lowest BCUT2D eigenvalue weighted by molar-refractivity contribution is -0.214. The van der Waals surface area contributed by atoms with Gasteiger partial charge in [0.05, 0.1) is 17.3 Å². The topological polar surface area (TPSA) is 101 Å². The maximum atomic E-state index is 12.9. The molecule has 0 spiro atoms. The van der Waals surface area contributed by atoms with Gasteiger partial charge in [-0.15, -0.1) is 0 Å². The first-order valence-electron chi connectivity index (χ1n) is 16.5. The predicted molar refractivity (Wildman–Crippen MR) is 163 cm³/mol. The molecular formula is C36H56O6. The maximum absolute atomic E-state index is 12.9. The molecule has 42 heavy (non-hydrogen) atoms. The molecule has 5 aliphatic rings. The van der Waals surface area contributed by atoms with Crippen LogP contribution in [0.3, 0.4) is 0 Å². The van der Waals surface area contributed by atoms with Crippen LogP contribution in [0.5, 0.6) is 0 Å². The highest BCUT2D eigenvalue weighted by atomic mass is 16.5. The van der Waals surface area contributed by atoms with Crippen LogP contribution in [0.4, 0.5) is 0 Å². The molecule has 0 aromatic carbocycles. The lowest BCUT2D eigenvalue weighted by Gasteiger charge is -2.71. The van der Waals surface area contributed by atoms with E-state index in [1.165, 1.54) is 5.57 Å². The third-order valence-corrected chi connectivity index (χ3v) is 14.4. The van der Waals surface area contributed by atoms with Gasteiger partial charge in [-0.1, -0.05) is 60.1 Å². The minimum absolute atomic E-state index is 0.0171. The van der Waals surface area contributed by atoms with Gasteiger partial charge in [0.2, 0.25) is 0 Å². The summed E-state index contributed by atoms with van der Waals surface area (Å²) in [5.41, 5.74) is -0.236. The Morgan fingerprint density at radius 3 is 2.14 bits per heavy atom. The summed E-state index contributed by atoms with van der Waals surface area (Å²) < 4.78 is 6.10. The number of carbonyl (C=O) groups excluding carboxylic acids is 1. The van der Waals surface area contributed by atoms with E-state index in [9.17, 15) is 24.6 Å². The number of carboxylic acid groups (broad SMARTS) is 2. The summed E-state index contributed by atoms with van der Waals surface area (Å²) in [6.07, 6.45) is 11.5. The molecule has 4 saturated carbocycles. The number of hydrogen-bond donors (Lipinski definition) is 2. The molecule has 0 heterocycles. The molecule has 0 bridgehead atoms. The van der Waals surface area contributed by atoms with E-state index in [2.05, 4.69) is 54.5 Å². The van der Waals surface area contributed by atoms with Gasteiger partial charge < -0.3 is 14.9 Å². The molecule has 5 rings (SSSR count). The molecule has 0 aliphatic heterocycles. The van der Waals surface area contributed by atoms with E-state index in [0.29, 0.717) is 11.8 Å². The summed E-state index contributed by atoms with van der Waals surface area (Å²) in [6, 6.07) is 0. The SMILES string of the molecule is CC1(C)CC[C@]2(C(=O)O)CC[C@]3(C)C(=CC[C@@H]4[C@@]5(C)CC[C@H](OC(=O)CC(C)(C)C(=O)O)C(C)(C)[C@@H]5CC[C@]43C)[C@H]2C1. The highest BCUT2D eigenvalue weighted by Gasteiger charge is 2.69. The van der Waals surface area contributed by atoms with Crippen molar-refractivity contribution in [3.05, 3.63) is 11.6 Å². The summed E-state index contributed by atoms with van der Waals surface area (Å²) in [6.45, 7) is 19.8. The fourth-order valence-corrected chi connectivity index (χ4v) is 11.4. The standard InChI is InChI=1S/C36H56O6/c1-30(2)16-18-36(29(40)41)19-17-34(8)22(23(36)20-30)10-11-25-33(7)14-13-26(42-27(37)21-31(3,4)28(38)39)32(5,6)24(33)12-15-35(25,34)9/h10,23-26H,11-21H2,1-9H3,(H,38,39)(H,40,41)/t23-,24+,25-,26+,33+,34-,35-,36+/m1/s1. The number of ether oxygens (including phenoxy) is 1. The minimum atomic E-state index is -1.15. The molecular weight excluding hydrogens is 528 g/mol. The van der Waals surface area contributed by atoms with E-state index in [1.807, 2.05) is 0 Å². The molecule has 4 fully saturated rings. The zero-order valence-corrected chi connectivity index (χ0v) is 27.7. The lowest BCUT2D eigenvalue weighted by Crippen LogP contribution is -2.65. The summed E-state index contributed by atoms with van der Waals surface area (Å²) in [4.78, 5) is 37.5. The van der Waals surface area contributed by atoms with Crippen LogP contribution < -0.4 is 0 Å². The Labute approximate surface area is 253 Å². The van der Waals surface area contributed by atoms with Gasteiger partial charge in [-0.05, 0) is 117 Å². The highest BCUT2D eigenvalue weighted by molar-refractivity contribution is 5.81. The number of allylic oxidation sites excluding steroid dienone is 2. The van der Waals surface area contributed by atoms with Crippen LogP contribution in [0.25, 0.3) is 0 Å². The van der Waals surface area contributed by atoms with Crippen molar-refractivity contribution in [2.45, 2.75) is 139 Å². The molecule has 0 saturated heterocycles. The van der Waals surface area contributed by atoms with Gasteiger partial charge in [0.25, 0.3) is 0 Å². The average Bonchev–Trinajstić information content (AvgIpc) is 2.85. The second-order valence-electron chi connectivity index (χ2n) is 17.9. The Balaban J connectivity index is 1.45. The third kappa shape index (κ3) is 4.34. The van der Waals surface area contributed by atoms with Gasteiger partial charge in [0.1, 0.15) is 6.10 Å². The Morgan fingerprint density at radius 2 is 1.52 bits per heavy atom. The van der Waals surface area contributed by atoms with Crippen LogP contribution in [0, 0.1) is 55.7 Å². The molecule has 8 atom stereocenters. The number of rotatable bonds is 5. The fourth-order valence-electron chi connectivity index (χ4n) is 11.4. The van der Waals surface area contributed by atoms with Crippen LogP contribution >= 0.6 is 0 Å². The molecule has 0 amide bonds. The molecule has 5 aliphatic carbocycles. The normalized spacial score (nSPS) is 43.9. The van der Waals surface area contributed by atoms with Gasteiger partial charge in [0.15, 0.2) is 0 Å². The van der Waals surface area contributed by atoms with E-state index in [4.69, 9.17) is 4.74 Å². The number of hydrogen-bond acceptors (Lipinski definition) is 4. The monoisotopic (exact) mass is 584 g/mol. The Bertz CT molecular complexity index is 1200. The van der Waals surface area contributed by atoms with Gasteiger partial charge in [0, 0.05) is 5.41 Å². The smallest absolute Gasteiger partial charge is 0.310 e. The lowest BCUT2D eigenvalue weighted by atomic mass is 9.33. The number of esters is 1. The summed E-state index contributed by atoms with van der Waals surface area (Å²) in [5, 5.41) is 20.1. The second-order valence-corrected chi connectivity index (χ2v) is 17.9. The number of carbonyl (C=O) groups is 3. The fraction of sp³-hybridized carbons (Fsp3) is 0.861. The average molecular weight is 585 g/mol. The first-order valence-corrected chi connectivity index (χ1v) is 16.5. The number of aliphatic carboxylic acids is 2. The minimum Gasteiger partial charge on any atom is -0.481 e. The van der Waals surface area contributed by atoms with Gasteiger partial charge in [-0.3, -0.25) is 14.4 Å². The number of carboxylic acids is 2. The van der Waals surface area contributed by atoms with Gasteiger partial charge in [-0.2, -0.15) is 0 Å². The van der Waals surface area contributed by atoms with E-state index in [-0.39, 0.29) is 45.5 Å². The van der Waals surface area contributed by atoms with Crippen molar-refractivity contribution < 1.29 is 29.3 Å². The predicted octanol–water partition coefficient (Wildman–Crippen LogP) is 8.29. The Kier molecular flexibility index (Phi) is 7.20. The second kappa shape index (κ2) is 9.57. The van der Waals surface area contributed by atoms with Gasteiger partial charge in [-0.25, -0.2) is 0 Å². The third-order valence-electron chi connectivity index (χ3n) is 14.4. The van der Waals surface area contributed by atoms with Crippen molar-refractivity contribution in [1.82, 2.24) is 0 Å². The van der Waals surface area contributed by atoms with Crippen molar-refractivity contribution in [1.29, 1.82) is 0 Å². The summed E-state index contributed by atoms with van der Waals surface area (Å²) >= 11 is 0. The summed E-state index contributed by atoms with van der Waals surface area (Å²) in [7, 11) is 0. The molecule has 0 unspecified atom stereocenters. The van der Waals surface area contributed by atoms with E-state index in [1.54, 1.807) is 13.8 Å². The first kappa shape index (κ1) is 31.6. The molecule has 6 nitrogen and oxygen atoms in total. The van der Waals surface area contributed by atoms with Crippen molar-refractivity contribution in [2.75, 3.05) is 0 Å². The van der Waals surface area contributed by atoms with Crippen LogP contribution in [0.1, 0.15) is 133 Å². The van der Waals surface area contributed by atoms with E-state index >= 15 is 0 Å². The summed E-state index contributed by atoms with van der Waals surface area (Å²) in [5.74, 6) is -1.01. The molecule has 2 N–H and O–H groups in total.